The highest BCUT2D eigenvalue weighted by Crippen LogP contribution is 2.09. The molecule has 0 saturated carbocycles. The van der Waals surface area contributed by atoms with Gasteiger partial charge >= 0.3 is 0 Å². The van der Waals surface area contributed by atoms with E-state index < -0.39 is 0 Å². The molecule has 14 heavy (non-hydrogen) atoms. The summed E-state index contributed by atoms with van der Waals surface area (Å²) in [6, 6.07) is 2.92. The molecule has 0 saturated heterocycles. The Morgan fingerprint density at radius 3 is 3.14 bits per heavy atom. The van der Waals surface area contributed by atoms with Crippen molar-refractivity contribution in [2.75, 3.05) is 5.32 Å². The summed E-state index contributed by atoms with van der Waals surface area (Å²) in [5, 5.41) is 9.32. The largest absolute Gasteiger partial charge is 0.363 e. The third-order valence-electron chi connectivity index (χ3n) is 1.77. The van der Waals surface area contributed by atoms with E-state index in [2.05, 4.69) is 20.5 Å². The van der Waals surface area contributed by atoms with E-state index in [9.17, 15) is 4.39 Å². The molecule has 0 bridgehead atoms. The fourth-order valence-electron chi connectivity index (χ4n) is 1.08. The molecule has 5 heteroatoms. The summed E-state index contributed by atoms with van der Waals surface area (Å²) in [6.07, 6.45) is 4.96. The Morgan fingerprint density at radius 2 is 2.43 bits per heavy atom. The van der Waals surface area contributed by atoms with Crippen molar-refractivity contribution in [3.8, 4) is 0 Å². The van der Waals surface area contributed by atoms with Crippen molar-refractivity contribution in [1.29, 1.82) is 0 Å². The molecule has 2 aromatic rings. The van der Waals surface area contributed by atoms with Gasteiger partial charge < -0.3 is 5.32 Å². The number of anilines is 1. The number of rotatable bonds is 3. The first kappa shape index (κ1) is 8.68. The van der Waals surface area contributed by atoms with Gasteiger partial charge in [-0.3, -0.25) is 5.10 Å². The minimum atomic E-state index is -0.351. The number of nitrogens with one attached hydrogen (secondary N) is 2. The van der Waals surface area contributed by atoms with Crippen LogP contribution >= 0.6 is 0 Å². The zero-order valence-electron chi connectivity index (χ0n) is 7.37. The second-order valence-corrected chi connectivity index (χ2v) is 2.79. The zero-order chi connectivity index (χ0) is 9.80. The van der Waals surface area contributed by atoms with Crippen LogP contribution in [0.3, 0.4) is 0 Å². The molecule has 2 heterocycles. The van der Waals surface area contributed by atoms with Crippen LogP contribution in [0.2, 0.25) is 0 Å². The molecule has 0 aromatic carbocycles. The van der Waals surface area contributed by atoms with Gasteiger partial charge in [-0.15, -0.1) is 0 Å². The third kappa shape index (κ3) is 1.87. The van der Waals surface area contributed by atoms with Gasteiger partial charge in [-0.05, 0) is 12.1 Å². The van der Waals surface area contributed by atoms with Gasteiger partial charge in [-0.2, -0.15) is 5.10 Å². The highest BCUT2D eigenvalue weighted by molar-refractivity contribution is 5.36. The molecule has 72 valence electrons. The molecule has 0 aliphatic heterocycles. The van der Waals surface area contributed by atoms with Crippen molar-refractivity contribution in [2.45, 2.75) is 6.54 Å². The van der Waals surface area contributed by atoms with Crippen molar-refractivity contribution >= 4 is 5.82 Å². The van der Waals surface area contributed by atoms with Gasteiger partial charge in [0.1, 0.15) is 0 Å². The normalized spacial score (nSPS) is 10.1. The van der Waals surface area contributed by atoms with E-state index in [1.54, 1.807) is 24.7 Å². The summed E-state index contributed by atoms with van der Waals surface area (Å²) in [6.45, 7) is 0.504. The lowest BCUT2D eigenvalue weighted by atomic mass is 10.3. The number of hydrogen-bond acceptors (Lipinski definition) is 3. The molecule has 2 N–H and O–H groups in total. The minimum Gasteiger partial charge on any atom is -0.363 e. The van der Waals surface area contributed by atoms with Crippen LogP contribution in [0.25, 0.3) is 0 Å². The fourth-order valence-corrected chi connectivity index (χ4v) is 1.08. The predicted molar refractivity (Wildman–Crippen MR) is 50.1 cm³/mol. The summed E-state index contributed by atoms with van der Waals surface area (Å²) in [5.74, 6) is -0.0929. The van der Waals surface area contributed by atoms with Crippen LogP contribution in [0, 0.1) is 5.82 Å². The monoisotopic (exact) mass is 192 g/mol. The molecule has 4 nitrogen and oxygen atoms in total. The van der Waals surface area contributed by atoms with Crippen molar-refractivity contribution in [2.24, 2.45) is 0 Å². The van der Waals surface area contributed by atoms with Crippen LogP contribution in [0.1, 0.15) is 5.56 Å². The van der Waals surface area contributed by atoms with Crippen LogP contribution in [-0.4, -0.2) is 15.2 Å². The van der Waals surface area contributed by atoms with Gasteiger partial charge in [0.2, 0.25) is 0 Å². The molecule has 0 aliphatic rings. The van der Waals surface area contributed by atoms with Gasteiger partial charge in [0.15, 0.2) is 11.6 Å². The quantitative estimate of drug-likeness (QED) is 0.775. The first-order chi connectivity index (χ1) is 6.86. The summed E-state index contributed by atoms with van der Waals surface area (Å²) in [4.78, 5) is 3.86. The topological polar surface area (TPSA) is 53.6 Å². The van der Waals surface area contributed by atoms with Crippen molar-refractivity contribution in [3.05, 3.63) is 42.1 Å². The first-order valence-electron chi connectivity index (χ1n) is 4.18. The Hall–Kier alpha value is -1.91. The maximum absolute atomic E-state index is 13.1. The highest BCUT2D eigenvalue weighted by Gasteiger charge is 2.01. The van der Waals surface area contributed by atoms with Gasteiger partial charge in [0, 0.05) is 24.5 Å². The Kier molecular flexibility index (Phi) is 2.40. The molecule has 0 atom stereocenters. The van der Waals surface area contributed by atoms with Crippen molar-refractivity contribution in [3.63, 3.8) is 0 Å². The highest BCUT2D eigenvalue weighted by atomic mass is 19.1. The Morgan fingerprint density at radius 1 is 1.50 bits per heavy atom. The average Bonchev–Trinajstić information content (AvgIpc) is 2.69. The molecule has 2 rings (SSSR count). The predicted octanol–water partition coefficient (Wildman–Crippen LogP) is 1.56. The van der Waals surface area contributed by atoms with Crippen molar-refractivity contribution in [1.82, 2.24) is 15.2 Å². The molecule has 0 radical (unpaired) electrons. The van der Waals surface area contributed by atoms with Gasteiger partial charge in [-0.1, -0.05) is 0 Å². The van der Waals surface area contributed by atoms with Gasteiger partial charge in [0.05, 0.1) is 6.20 Å². The van der Waals surface area contributed by atoms with Crippen LogP contribution < -0.4 is 5.32 Å². The molecule has 0 fully saturated rings. The van der Waals surface area contributed by atoms with Crippen molar-refractivity contribution < 1.29 is 4.39 Å². The number of pyridine rings is 1. The molecule has 0 spiro atoms. The van der Waals surface area contributed by atoms with Crippen LogP contribution in [-0.2, 0) is 6.54 Å². The number of halogens is 1. The lowest BCUT2D eigenvalue weighted by Crippen LogP contribution is -2.02. The maximum atomic E-state index is 13.1. The summed E-state index contributed by atoms with van der Waals surface area (Å²) in [7, 11) is 0. The van der Waals surface area contributed by atoms with E-state index in [0.717, 1.165) is 5.56 Å². The summed E-state index contributed by atoms with van der Waals surface area (Å²) < 4.78 is 13.1. The second kappa shape index (κ2) is 3.87. The number of aromatic amines is 1. The smallest absolute Gasteiger partial charge is 0.165 e. The SMILES string of the molecule is Fc1cccnc1NCc1cn[nH]c1. The number of hydrogen-bond donors (Lipinski definition) is 2. The second-order valence-electron chi connectivity index (χ2n) is 2.79. The third-order valence-corrected chi connectivity index (χ3v) is 1.77. The molecular formula is C9H9FN4. The van der Waals surface area contributed by atoms with E-state index in [-0.39, 0.29) is 11.6 Å². The van der Waals surface area contributed by atoms with Crippen LogP contribution in [0.15, 0.2) is 30.7 Å². The van der Waals surface area contributed by atoms with Crippen LogP contribution in [0.4, 0.5) is 10.2 Å². The summed E-state index contributed by atoms with van der Waals surface area (Å²) >= 11 is 0. The van der Waals surface area contributed by atoms with Gasteiger partial charge in [-0.25, -0.2) is 9.37 Å². The Balaban J connectivity index is 2.02. The molecule has 0 amide bonds. The maximum Gasteiger partial charge on any atom is 0.165 e. The average molecular weight is 192 g/mol. The van der Waals surface area contributed by atoms with E-state index in [4.69, 9.17) is 0 Å². The fraction of sp³-hybridized carbons (Fsp3) is 0.111. The van der Waals surface area contributed by atoms with Crippen LogP contribution in [0.5, 0.6) is 0 Å². The number of nitrogens with zero attached hydrogens (tertiary/aromatic N) is 2. The number of H-pyrrole nitrogens is 1. The minimum absolute atomic E-state index is 0.258. The molecular weight excluding hydrogens is 183 g/mol. The van der Waals surface area contributed by atoms with E-state index in [1.165, 1.54) is 6.07 Å². The first-order valence-corrected chi connectivity index (χ1v) is 4.18. The molecule has 2 aromatic heterocycles. The van der Waals surface area contributed by atoms with E-state index >= 15 is 0 Å². The molecule has 0 aliphatic carbocycles. The number of aromatic nitrogens is 3. The summed E-state index contributed by atoms with van der Waals surface area (Å²) in [5.41, 5.74) is 0.954. The van der Waals surface area contributed by atoms with E-state index in [1.807, 2.05) is 0 Å². The zero-order valence-corrected chi connectivity index (χ0v) is 7.37. The van der Waals surface area contributed by atoms with E-state index in [0.29, 0.717) is 6.54 Å². The lowest BCUT2D eigenvalue weighted by Gasteiger charge is -2.03. The standard InChI is InChI=1S/C9H9FN4/c10-8-2-1-3-11-9(8)12-4-7-5-13-14-6-7/h1-3,5-6H,4H2,(H,11,12)(H,13,14). The Labute approximate surface area is 80.2 Å². The van der Waals surface area contributed by atoms with Gasteiger partial charge in [0.25, 0.3) is 0 Å². The Bertz CT molecular complexity index is 399. The molecule has 0 unspecified atom stereocenters. The lowest BCUT2D eigenvalue weighted by molar-refractivity contribution is 0.624.